The van der Waals surface area contributed by atoms with Gasteiger partial charge in [-0.05, 0) is 80.8 Å². The van der Waals surface area contributed by atoms with E-state index in [2.05, 4.69) is 13.8 Å². The summed E-state index contributed by atoms with van der Waals surface area (Å²) in [4.78, 5) is 13.5. The van der Waals surface area contributed by atoms with E-state index in [4.69, 9.17) is 4.18 Å². The van der Waals surface area contributed by atoms with Crippen LogP contribution in [-0.4, -0.2) is 20.3 Å². The van der Waals surface area contributed by atoms with Crippen LogP contribution in [0.4, 0.5) is 0 Å². The van der Waals surface area contributed by atoms with Crippen molar-refractivity contribution < 1.29 is 17.4 Å². The maximum Gasteiger partial charge on any atom is 0.297 e. The Balaban J connectivity index is 1.41. The molecular weight excluding hydrogens is 408 g/mol. The third-order valence-corrected chi connectivity index (χ3v) is 11.2. The molecule has 0 saturated heterocycles. The van der Waals surface area contributed by atoms with Crippen LogP contribution < -0.4 is 0 Å². The number of hydrogen-bond acceptors (Lipinski definition) is 4. The molecule has 1 aromatic rings. The fourth-order valence-electron chi connectivity index (χ4n) is 8.10. The highest BCUT2D eigenvalue weighted by Crippen LogP contribution is 2.66. The van der Waals surface area contributed by atoms with Crippen molar-refractivity contribution in [3.63, 3.8) is 0 Å². The molecule has 0 heterocycles. The van der Waals surface area contributed by atoms with Crippen molar-refractivity contribution in [1.82, 2.24) is 0 Å². The Bertz CT molecular complexity index is 968. The van der Waals surface area contributed by atoms with Gasteiger partial charge in [-0.1, -0.05) is 44.4 Å². The van der Waals surface area contributed by atoms with Gasteiger partial charge in [0.2, 0.25) is 0 Å². The summed E-state index contributed by atoms with van der Waals surface area (Å²) in [5.74, 6) is 1.97. The van der Waals surface area contributed by atoms with Crippen LogP contribution in [0.5, 0.6) is 0 Å². The lowest BCUT2D eigenvalue weighted by atomic mass is 9.45. The molecule has 0 aliphatic heterocycles. The van der Waals surface area contributed by atoms with E-state index in [9.17, 15) is 13.2 Å². The standard InChI is InChI=1S/C26H36O4S/c1-17-7-10-19(11-8-17)31(28,29)30-23-16-22(27)24-20-12-9-18-6-4-5-14-25(18,2)21(20)13-15-26(23,24)3/h7-8,10-11,18,20-21,23-24H,4-6,9,12-16H2,1-3H3/t18-,20-,21+,23-,24+,25+,26-/m1/s1. The van der Waals surface area contributed by atoms with Crippen molar-refractivity contribution in [2.75, 3.05) is 0 Å². The maximum atomic E-state index is 13.3. The lowest BCUT2D eigenvalue weighted by molar-refractivity contribution is -0.141. The molecule has 5 heteroatoms. The summed E-state index contributed by atoms with van der Waals surface area (Å²) in [6.45, 7) is 6.55. The van der Waals surface area contributed by atoms with Gasteiger partial charge in [0.1, 0.15) is 5.78 Å². The highest BCUT2D eigenvalue weighted by molar-refractivity contribution is 7.86. The number of benzene rings is 1. The van der Waals surface area contributed by atoms with Gasteiger partial charge in [-0.25, -0.2) is 0 Å². The fourth-order valence-corrected chi connectivity index (χ4v) is 9.27. The van der Waals surface area contributed by atoms with Gasteiger partial charge >= 0.3 is 0 Å². The molecular formula is C26H36O4S. The summed E-state index contributed by atoms with van der Waals surface area (Å²) in [6.07, 6.45) is 9.32. The highest BCUT2D eigenvalue weighted by Gasteiger charge is 2.63. The second-order valence-electron chi connectivity index (χ2n) is 11.3. The molecule has 0 unspecified atom stereocenters. The first-order valence-corrected chi connectivity index (χ1v) is 13.6. The molecule has 0 bridgehead atoms. The van der Waals surface area contributed by atoms with Crippen molar-refractivity contribution in [2.45, 2.75) is 89.6 Å². The Morgan fingerprint density at radius 2 is 1.68 bits per heavy atom. The Morgan fingerprint density at radius 3 is 2.42 bits per heavy atom. The van der Waals surface area contributed by atoms with E-state index in [1.54, 1.807) is 24.3 Å². The molecule has 0 aromatic heterocycles. The van der Waals surface area contributed by atoms with E-state index < -0.39 is 16.2 Å². The molecule has 1 aromatic carbocycles. The minimum absolute atomic E-state index is 0.0517. The highest BCUT2D eigenvalue weighted by atomic mass is 32.2. The second kappa shape index (κ2) is 7.41. The average molecular weight is 445 g/mol. The monoisotopic (exact) mass is 444 g/mol. The minimum atomic E-state index is -3.89. The van der Waals surface area contributed by atoms with E-state index in [-0.39, 0.29) is 28.4 Å². The zero-order valence-electron chi connectivity index (χ0n) is 19.1. The smallest absolute Gasteiger partial charge is 0.297 e. The lowest BCUT2D eigenvalue weighted by Gasteiger charge is -2.59. The number of carbonyl (C=O) groups is 1. The SMILES string of the molecule is Cc1ccc(S(=O)(=O)O[C@@H]2CC(=O)[C@@H]3[C@@H]4CC[C@H]5CCCC[C@]5(C)[C@H]4CC[C@@]32C)cc1. The van der Waals surface area contributed by atoms with Gasteiger partial charge in [0, 0.05) is 17.8 Å². The first kappa shape index (κ1) is 21.6. The van der Waals surface area contributed by atoms with Gasteiger partial charge in [0.05, 0.1) is 11.0 Å². The van der Waals surface area contributed by atoms with Gasteiger partial charge < -0.3 is 0 Å². The van der Waals surface area contributed by atoms with Crippen LogP contribution in [0.3, 0.4) is 0 Å². The number of fused-ring (bicyclic) bond motifs is 5. The van der Waals surface area contributed by atoms with E-state index in [1.807, 2.05) is 6.92 Å². The number of ketones is 1. The molecule has 7 atom stereocenters. The Kier molecular flexibility index (Phi) is 5.17. The Labute approximate surface area is 187 Å². The summed E-state index contributed by atoms with van der Waals surface area (Å²) in [7, 11) is -3.89. The van der Waals surface area contributed by atoms with Crippen molar-refractivity contribution in [3.05, 3.63) is 29.8 Å². The number of Topliss-reactive ketones (excluding diaryl/α,β-unsaturated/α-hetero) is 1. The minimum Gasteiger partial charge on any atom is -0.299 e. The zero-order chi connectivity index (χ0) is 22.0. The first-order valence-electron chi connectivity index (χ1n) is 12.2. The van der Waals surface area contributed by atoms with Gasteiger partial charge in [0.15, 0.2) is 0 Å². The average Bonchev–Trinajstić information content (AvgIpc) is 2.97. The number of carbonyl (C=O) groups excluding carboxylic acids is 1. The third kappa shape index (κ3) is 3.33. The molecule has 0 spiro atoms. The maximum absolute atomic E-state index is 13.3. The van der Waals surface area contributed by atoms with E-state index in [1.165, 1.54) is 32.1 Å². The van der Waals surface area contributed by atoms with Gasteiger partial charge in [-0.3, -0.25) is 8.98 Å². The molecule has 4 fully saturated rings. The molecule has 4 aliphatic rings. The first-order chi connectivity index (χ1) is 14.6. The van der Waals surface area contributed by atoms with Crippen LogP contribution in [0, 0.1) is 41.4 Å². The molecule has 0 N–H and O–H groups in total. The molecule has 5 rings (SSSR count). The van der Waals surface area contributed by atoms with Crippen LogP contribution in [0.15, 0.2) is 29.2 Å². The number of hydrogen-bond donors (Lipinski definition) is 0. The summed E-state index contributed by atoms with van der Waals surface area (Å²) in [5.41, 5.74) is 0.982. The third-order valence-electron chi connectivity index (χ3n) is 9.82. The van der Waals surface area contributed by atoms with Crippen molar-refractivity contribution in [1.29, 1.82) is 0 Å². The van der Waals surface area contributed by atoms with Crippen molar-refractivity contribution in [2.24, 2.45) is 34.5 Å². The summed E-state index contributed by atoms with van der Waals surface area (Å²) in [5, 5.41) is 0. The number of rotatable bonds is 3. The van der Waals surface area contributed by atoms with Crippen molar-refractivity contribution >= 4 is 15.9 Å². The fraction of sp³-hybridized carbons (Fsp3) is 0.731. The molecule has 4 saturated carbocycles. The zero-order valence-corrected chi connectivity index (χ0v) is 19.9. The topological polar surface area (TPSA) is 60.4 Å². The van der Waals surface area contributed by atoms with Crippen LogP contribution in [0.1, 0.15) is 77.2 Å². The van der Waals surface area contributed by atoms with Crippen LogP contribution in [0.25, 0.3) is 0 Å². The summed E-state index contributed by atoms with van der Waals surface area (Å²) in [6, 6.07) is 6.77. The Hall–Kier alpha value is -1.20. The van der Waals surface area contributed by atoms with Gasteiger partial charge in [-0.2, -0.15) is 8.42 Å². The van der Waals surface area contributed by atoms with Crippen molar-refractivity contribution in [3.8, 4) is 0 Å². The molecule has 31 heavy (non-hydrogen) atoms. The number of aryl methyl sites for hydroxylation is 1. The van der Waals surface area contributed by atoms with Crippen LogP contribution in [-0.2, 0) is 19.1 Å². The van der Waals surface area contributed by atoms with E-state index in [0.717, 1.165) is 30.7 Å². The Morgan fingerprint density at radius 1 is 0.935 bits per heavy atom. The largest absolute Gasteiger partial charge is 0.299 e. The van der Waals surface area contributed by atoms with E-state index >= 15 is 0 Å². The van der Waals surface area contributed by atoms with Gasteiger partial charge in [-0.15, -0.1) is 0 Å². The normalized spacial score (nSPS) is 42.5. The quantitative estimate of drug-likeness (QED) is 0.563. The van der Waals surface area contributed by atoms with Gasteiger partial charge in [0.25, 0.3) is 10.1 Å². The summed E-state index contributed by atoms with van der Waals surface area (Å²) < 4.78 is 31.9. The molecule has 0 amide bonds. The predicted molar refractivity (Wildman–Crippen MR) is 120 cm³/mol. The molecule has 4 nitrogen and oxygen atoms in total. The van der Waals surface area contributed by atoms with Crippen LogP contribution >= 0.6 is 0 Å². The lowest BCUT2D eigenvalue weighted by Crippen LogP contribution is -2.54. The summed E-state index contributed by atoms with van der Waals surface area (Å²) >= 11 is 0. The van der Waals surface area contributed by atoms with E-state index in [0.29, 0.717) is 17.3 Å². The van der Waals surface area contributed by atoms with Crippen LogP contribution in [0.2, 0.25) is 0 Å². The predicted octanol–water partition coefficient (Wildman–Crippen LogP) is 5.68. The molecule has 170 valence electrons. The second-order valence-corrected chi connectivity index (χ2v) is 12.9. The molecule has 4 aliphatic carbocycles. The molecule has 0 radical (unpaired) electrons.